The molecule has 0 aromatic heterocycles. The molecule has 1 aliphatic carbocycles. The highest BCUT2D eigenvalue weighted by molar-refractivity contribution is 7.89. The van der Waals surface area contributed by atoms with Crippen LogP contribution in [0.1, 0.15) is 45.4 Å². The van der Waals surface area contributed by atoms with Crippen molar-refractivity contribution in [2.45, 2.75) is 51.5 Å². The first kappa shape index (κ1) is 15.9. The number of nitrogens with zero attached hydrogens (tertiary/aromatic N) is 1. The van der Waals surface area contributed by atoms with Gasteiger partial charge in [-0.05, 0) is 19.3 Å². The van der Waals surface area contributed by atoms with Gasteiger partial charge in [0.05, 0.1) is 5.75 Å². The van der Waals surface area contributed by atoms with Crippen LogP contribution < -0.4 is 5.32 Å². The zero-order valence-corrected chi connectivity index (χ0v) is 12.8. The van der Waals surface area contributed by atoms with Crippen LogP contribution in [0.2, 0.25) is 0 Å². The van der Waals surface area contributed by atoms with Crippen LogP contribution in [0.4, 0.5) is 0 Å². The average Bonchev–Trinajstić information content (AvgIpc) is 2.29. The molecule has 0 amide bonds. The molecule has 108 valence electrons. The van der Waals surface area contributed by atoms with E-state index in [1.54, 1.807) is 14.1 Å². The Balaban J connectivity index is 2.18. The van der Waals surface area contributed by atoms with Gasteiger partial charge in [0.15, 0.2) is 0 Å². The Kier molecular flexibility index (Phi) is 6.60. The molecular formula is C13H28N2O2S. The van der Waals surface area contributed by atoms with Gasteiger partial charge in [0.1, 0.15) is 0 Å². The topological polar surface area (TPSA) is 49.4 Å². The molecule has 0 heterocycles. The molecule has 1 saturated carbocycles. The second kappa shape index (κ2) is 7.46. The Labute approximate surface area is 112 Å². The van der Waals surface area contributed by atoms with Gasteiger partial charge < -0.3 is 5.32 Å². The molecule has 0 aromatic carbocycles. The van der Waals surface area contributed by atoms with Crippen molar-refractivity contribution in [1.29, 1.82) is 0 Å². The van der Waals surface area contributed by atoms with Gasteiger partial charge >= 0.3 is 0 Å². The first-order valence-electron chi connectivity index (χ1n) is 7.05. The third kappa shape index (κ3) is 5.67. The minimum Gasteiger partial charge on any atom is -0.313 e. The maximum absolute atomic E-state index is 11.6. The Morgan fingerprint density at radius 2 is 1.83 bits per heavy atom. The van der Waals surface area contributed by atoms with Crippen LogP contribution in [0.3, 0.4) is 0 Å². The highest BCUT2D eigenvalue weighted by Gasteiger charge is 2.17. The summed E-state index contributed by atoms with van der Waals surface area (Å²) in [5.74, 6) is 1.03. The zero-order chi connectivity index (χ0) is 13.6. The van der Waals surface area contributed by atoms with E-state index in [9.17, 15) is 8.42 Å². The van der Waals surface area contributed by atoms with E-state index in [0.29, 0.717) is 12.6 Å². The number of nitrogens with one attached hydrogen (secondary N) is 1. The summed E-state index contributed by atoms with van der Waals surface area (Å²) in [5.41, 5.74) is 0. The van der Waals surface area contributed by atoms with E-state index >= 15 is 0 Å². The second-order valence-corrected chi connectivity index (χ2v) is 8.00. The van der Waals surface area contributed by atoms with Crippen LogP contribution >= 0.6 is 0 Å². The minimum atomic E-state index is -3.06. The van der Waals surface area contributed by atoms with Gasteiger partial charge in [-0.2, -0.15) is 0 Å². The molecule has 1 unspecified atom stereocenters. The van der Waals surface area contributed by atoms with Crippen LogP contribution in [0.15, 0.2) is 0 Å². The third-order valence-electron chi connectivity index (χ3n) is 3.82. The van der Waals surface area contributed by atoms with Crippen LogP contribution in [0.25, 0.3) is 0 Å². The molecule has 0 radical (unpaired) electrons. The summed E-state index contributed by atoms with van der Waals surface area (Å²) in [6.45, 7) is 2.71. The van der Waals surface area contributed by atoms with Gasteiger partial charge in [-0.3, -0.25) is 0 Å². The van der Waals surface area contributed by atoms with Crippen molar-refractivity contribution in [3.05, 3.63) is 0 Å². The van der Waals surface area contributed by atoms with Gasteiger partial charge in [0, 0.05) is 26.7 Å². The summed E-state index contributed by atoms with van der Waals surface area (Å²) in [6.07, 6.45) is 8.00. The van der Waals surface area contributed by atoms with E-state index in [4.69, 9.17) is 0 Å². The molecule has 1 rings (SSSR count). The largest absolute Gasteiger partial charge is 0.313 e. The van der Waals surface area contributed by atoms with Crippen molar-refractivity contribution in [2.75, 3.05) is 26.4 Å². The van der Waals surface area contributed by atoms with Crippen LogP contribution in [0, 0.1) is 5.92 Å². The molecular weight excluding hydrogens is 248 g/mol. The number of hydrogen-bond acceptors (Lipinski definition) is 3. The van der Waals surface area contributed by atoms with Gasteiger partial charge in [-0.1, -0.05) is 32.1 Å². The lowest BCUT2D eigenvalue weighted by Crippen LogP contribution is -2.36. The van der Waals surface area contributed by atoms with Crippen molar-refractivity contribution in [2.24, 2.45) is 5.92 Å². The molecule has 5 heteroatoms. The average molecular weight is 276 g/mol. The SMILES string of the molecule is CC(CC1CCCCC1)NCCS(=O)(=O)N(C)C. The Hall–Kier alpha value is -0.130. The first-order chi connectivity index (χ1) is 8.42. The predicted molar refractivity (Wildman–Crippen MR) is 76.1 cm³/mol. The van der Waals surface area contributed by atoms with E-state index in [-0.39, 0.29) is 5.75 Å². The lowest BCUT2D eigenvalue weighted by atomic mass is 9.85. The molecule has 0 spiro atoms. The summed E-state index contributed by atoms with van der Waals surface area (Å²) >= 11 is 0. The fraction of sp³-hybridized carbons (Fsp3) is 1.00. The standard InChI is InChI=1S/C13H28N2O2S/c1-12(11-13-7-5-4-6-8-13)14-9-10-18(16,17)15(2)3/h12-14H,4-11H2,1-3H3. The van der Waals surface area contributed by atoms with Crippen molar-refractivity contribution >= 4 is 10.0 Å². The van der Waals surface area contributed by atoms with Crippen LogP contribution in [-0.4, -0.2) is 45.2 Å². The van der Waals surface area contributed by atoms with Crippen LogP contribution in [0.5, 0.6) is 0 Å². The second-order valence-electron chi connectivity index (χ2n) is 5.69. The summed E-state index contributed by atoms with van der Waals surface area (Å²) in [4.78, 5) is 0. The third-order valence-corrected chi connectivity index (χ3v) is 5.65. The summed E-state index contributed by atoms with van der Waals surface area (Å²) in [5, 5.41) is 3.34. The molecule has 0 aromatic rings. The lowest BCUT2D eigenvalue weighted by Gasteiger charge is -2.25. The number of rotatable bonds is 7. The van der Waals surface area contributed by atoms with Crippen molar-refractivity contribution in [3.8, 4) is 0 Å². The molecule has 4 nitrogen and oxygen atoms in total. The maximum Gasteiger partial charge on any atom is 0.214 e. The van der Waals surface area contributed by atoms with Crippen molar-refractivity contribution in [1.82, 2.24) is 9.62 Å². The summed E-state index contributed by atoms with van der Waals surface area (Å²) in [6, 6.07) is 0.422. The highest BCUT2D eigenvalue weighted by atomic mass is 32.2. The molecule has 1 fully saturated rings. The molecule has 0 aliphatic heterocycles. The van der Waals surface area contributed by atoms with Gasteiger partial charge in [0.2, 0.25) is 10.0 Å². The van der Waals surface area contributed by atoms with Crippen molar-refractivity contribution in [3.63, 3.8) is 0 Å². The normalized spacial score (nSPS) is 20.2. The Bertz CT molecular complexity index is 322. The Morgan fingerprint density at radius 3 is 2.39 bits per heavy atom. The number of hydrogen-bond donors (Lipinski definition) is 1. The Morgan fingerprint density at radius 1 is 1.22 bits per heavy atom. The monoisotopic (exact) mass is 276 g/mol. The first-order valence-corrected chi connectivity index (χ1v) is 8.66. The van der Waals surface area contributed by atoms with E-state index in [1.807, 2.05) is 0 Å². The van der Waals surface area contributed by atoms with E-state index in [2.05, 4.69) is 12.2 Å². The molecule has 0 bridgehead atoms. The van der Waals surface area contributed by atoms with Crippen LogP contribution in [-0.2, 0) is 10.0 Å². The fourth-order valence-corrected chi connectivity index (χ4v) is 3.36. The fourth-order valence-electron chi connectivity index (χ4n) is 2.62. The highest BCUT2D eigenvalue weighted by Crippen LogP contribution is 2.27. The molecule has 0 saturated heterocycles. The maximum atomic E-state index is 11.6. The van der Waals surface area contributed by atoms with E-state index < -0.39 is 10.0 Å². The van der Waals surface area contributed by atoms with Crippen molar-refractivity contribution < 1.29 is 8.42 Å². The number of sulfonamides is 1. The molecule has 1 N–H and O–H groups in total. The predicted octanol–water partition coefficient (Wildman–Crippen LogP) is 1.83. The minimum absolute atomic E-state index is 0.189. The quantitative estimate of drug-likeness (QED) is 0.772. The van der Waals surface area contributed by atoms with E-state index in [0.717, 1.165) is 5.92 Å². The zero-order valence-electron chi connectivity index (χ0n) is 12.0. The smallest absolute Gasteiger partial charge is 0.214 e. The summed E-state index contributed by atoms with van der Waals surface area (Å²) < 4.78 is 24.5. The van der Waals surface area contributed by atoms with Gasteiger partial charge in [-0.25, -0.2) is 12.7 Å². The van der Waals surface area contributed by atoms with Gasteiger partial charge in [0.25, 0.3) is 0 Å². The lowest BCUT2D eigenvalue weighted by molar-refractivity contribution is 0.307. The molecule has 1 atom stereocenters. The summed E-state index contributed by atoms with van der Waals surface area (Å²) in [7, 11) is 0.112. The van der Waals surface area contributed by atoms with Gasteiger partial charge in [-0.15, -0.1) is 0 Å². The van der Waals surface area contributed by atoms with E-state index in [1.165, 1.54) is 42.8 Å². The molecule has 18 heavy (non-hydrogen) atoms. The molecule has 1 aliphatic rings.